The number of amides is 1. The maximum Gasteiger partial charge on any atom is 0.407 e. The lowest BCUT2D eigenvalue weighted by atomic mass is 9.97. The van der Waals surface area contributed by atoms with Crippen LogP contribution in [0.4, 0.5) is 4.79 Å². The molecule has 0 bridgehead atoms. The van der Waals surface area contributed by atoms with Crippen LogP contribution in [0, 0.1) is 0 Å². The van der Waals surface area contributed by atoms with Gasteiger partial charge in [-0.15, -0.1) is 0 Å². The smallest absolute Gasteiger partial charge is 0.407 e. The third-order valence-corrected chi connectivity index (χ3v) is 3.33. The van der Waals surface area contributed by atoms with E-state index < -0.39 is 23.2 Å². The molecule has 0 aliphatic rings. The van der Waals surface area contributed by atoms with Crippen LogP contribution >= 0.6 is 0 Å². The summed E-state index contributed by atoms with van der Waals surface area (Å²) < 4.78 is 5.11. The summed E-state index contributed by atoms with van der Waals surface area (Å²) in [5.74, 6) is -0.831. The van der Waals surface area contributed by atoms with Gasteiger partial charge in [-0.3, -0.25) is 9.69 Å². The first-order valence-corrected chi connectivity index (χ1v) is 6.94. The Bertz CT molecular complexity index is 339. The zero-order valence-electron chi connectivity index (χ0n) is 13.4. The molecule has 0 aromatic heterocycles. The maximum atomic E-state index is 11.4. The summed E-state index contributed by atoms with van der Waals surface area (Å²) in [6, 6.07) is 0. The third-order valence-electron chi connectivity index (χ3n) is 3.33. The molecule has 0 fully saturated rings. The van der Waals surface area contributed by atoms with Gasteiger partial charge in [0.2, 0.25) is 0 Å². The molecule has 0 aromatic rings. The first-order valence-electron chi connectivity index (χ1n) is 6.94. The summed E-state index contributed by atoms with van der Waals surface area (Å²) in [6.07, 6.45) is 0.744. The van der Waals surface area contributed by atoms with Crippen molar-refractivity contribution >= 4 is 12.1 Å². The van der Waals surface area contributed by atoms with Crippen molar-refractivity contribution in [1.82, 2.24) is 10.2 Å². The lowest BCUT2D eigenvalue weighted by molar-refractivity contribution is -0.149. The Hall–Kier alpha value is -1.30. The van der Waals surface area contributed by atoms with E-state index in [-0.39, 0.29) is 0 Å². The van der Waals surface area contributed by atoms with Crippen LogP contribution in [0.1, 0.15) is 47.5 Å². The van der Waals surface area contributed by atoms with Crippen molar-refractivity contribution in [3.8, 4) is 0 Å². The second kappa shape index (κ2) is 7.47. The summed E-state index contributed by atoms with van der Waals surface area (Å²) >= 11 is 0. The Morgan fingerprint density at radius 2 is 1.80 bits per heavy atom. The molecule has 6 heteroatoms. The lowest BCUT2D eigenvalue weighted by Crippen LogP contribution is -2.50. The minimum absolute atomic E-state index is 0.448. The second-order valence-corrected chi connectivity index (χ2v) is 6.14. The van der Waals surface area contributed by atoms with E-state index >= 15 is 0 Å². The third kappa shape index (κ3) is 6.23. The van der Waals surface area contributed by atoms with Gasteiger partial charge in [0.1, 0.15) is 11.1 Å². The Balaban J connectivity index is 4.07. The molecule has 0 aliphatic heterocycles. The molecule has 0 radical (unpaired) electrons. The number of carboxylic acids is 1. The Morgan fingerprint density at radius 3 is 2.20 bits per heavy atom. The van der Waals surface area contributed by atoms with E-state index in [1.165, 1.54) is 0 Å². The summed E-state index contributed by atoms with van der Waals surface area (Å²) in [4.78, 5) is 24.5. The van der Waals surface area contributed by atoms with Crippen molar-refractivity contribution < 1.29 is 19.4 Å². The van der Waals surface area contributed by atoms with E-state index in [1.807, 2.05) is 6.92 Å². The van der Waals surface area contributed by atoms with E-state index in [0.29, 0.717) is 25.9 Å². The molecule has 1 amide bonds. The number of carboxylic acid groups (broad SMARTS) is 1. The normalized spacial score (nSPS) is 14.8. The summed E-state index contributed by atoms with van der Waals surface area (Å²) in [5.41, 5.74) is -1.38. The van der Waals surface area contributed by atoms with Crippen LogP contribution in [-0.2, 0) is 9.53 Å². The van der Waals surface area contributed by atoms with Crippen LogP contribution in [0.5, 0.6) is 0 Å². The van der Waals surface area contributed by atoms with Crippen molar-refractivity contribution in [3.05, 3.63) is 0 Å². The Labute approximate surface area is 121 Å². The number of carbonyl (C=O) groups excluding carboxylic acids is 1. The molecule has 2 N–H and O–H groups in total. The van der Waals surface area contributed by atoms with Gasteiger partial charge in [0.25, 0.3) is 0 Å². The predicted molar refractivity (Wildman–Crippen MR) is 77.8 cm³/mol. The van der Waals surface area contributed by atoms with Crippen LogP contribution in [0.25, 0.3) is 0 Å². The number of hydrogen-bond donors (Lipinski definition) is 2. The van der Waals surface area contributed by atoms with E-state index in [4.69, 9.17) is 4.74 Å². The number of nitrogens with one attached hydrogen (secondary N) is 1. The molecule has 0 saturated carbocycles. The number of rotatable bonds is 7. The van der Waals surface area contributed by atoms with Crippen LogP contribution in [-0.4, -0.2) is 53.3 Å². The van der Waals surface area contributed by atoms with Crippen molar-refractivity contribution in [3.63, 3.8) is 0 Å². The molecular weight excluding hydrogens is 260 g/mol. The standard InChI is InChI=1S/C14H28N2O4/c1-7-14(5,11(17)18)16(6)10-8-9-15-12(19)20-13(2,3)4/h7-10H2,1-6H3,(H,15,19)(H,17,18)/t14-/m0/s1. The fourth-order valence-electron chi connectivity index (χ4n) is 1.65. The van der Waals surface area contributed by atoms with Crippen molar-refractivity contribution in [1.29, 1.82) is 0 Å². The molecule has 20 heavy (non-hydrogen) atoms. The molecule has 118 valence electrons. The van der Waals surface area contributed by atoms with Gasteiger partial charge in [0, 0.05) is 13.1 Å². The number of carbonyl (C=O) groups is 2. The summed E-state index contributed by atoms with van der Waals surface area (Å²) in [6.45, 7) is 10.0. The SMILES string of the molecule is CC[C@@](C)(C(=O)O)N(C)CCCNC(=O)OC(C)(C)C. The predicted octanol–water partition coefficient (Wildman–Crippen LogP) is 2.09. The Morgan fingerprint density at radius 1 is 1.25 bits per heavy atom. The average Bonchev–Trinajstić information content (AvgIpc) is 2.30. The van der Waals surface area contributed by atoms with Crippen LogP contribution in [0.2, 0.25) is 0 Å². The van der Waals surface area contributed by atoms with Gasteiger partial charge in [-0.1, -0.05) is 6.92 Å². The minimum Gasteiger partial charge on any atom is -0.480 e. The molecule has 1 atom stereocenters. The average molecular weight is 288 g/mol. The molecule has 0 heterocycles. The van der Waals surface area contributed by atoms with E-state index in [2.05, 4.69) is 5.32 Å². The van der Waals surface area contributed by atoms with Gasteiger partial charge < -0.3 is 15.2 Å². The van der Waals surface area contributed by atoms with Crippen LogP contribution in [0.15, 0.2) is 0 Å². The quantitative estimate of drug-likeness (QED) is 0.701. The number of hydrogen-bond acceptors (Lipinski definition) is 4. The Kier molecular flexibility index (Phi) is 6.99. The fraction of sp³-hybridized carbons (Fsp3) is 0.857. The molecule has 0 spiro atoms. The minimum atomic E-state index is -0.869. The first-order chi connectivity index (χ1) is 9.03. The lowest BCUT2D eigenvalue weighted by Gasteiger charge is -2.34. The molecular formula is C14H28N2O4. The number of ether oxygens (including phenoxy) is 1. The highest BCUT2D eigenvalue weighted by molar-refractivity contribution is 5.78. The largest absolute Gasteiger partial charge is 0.480 e. The number of nitrogens with zero attached hydrogens (tertiary/aromatic N) is 1. The van der Waals surface area contributed by atoms with E-state index in [9.17, 15) is 14.7 Å². The highest BCUT2D eigenvalue weighted by Crippen LogP contribution is 2.18. The fourth-order valence-corrected chi connectivity index (χ4v) is 1.65. The molecule has 0 unspecified atom stereocenters. The second-order valence-electron chi connectivity index (χ2n) is 6.14. The van der Waals surface area contributed by atoms with Crippen LogP contribution in [0.3, 0.4) is 0 Å². The van der Waals surface area contributed by atoms with Gasteiger partial charge in [-0.05, 0) is 47.6 Å². The van der Waals surface area contributed by atoms with Gasteiger partial charge in [-0.2, -0.15) is 0 Å². The highest BCUT2D eigenvalue weighted by Gasteiger charge is 2.35. The molecule has 0 saturated heterocycles. The van der Waals surface area contributed by atoms with Crippen molar-refractivity contribution in [2.75, 3.05) is 20.1 Å². The van der Waals surface area contributed by atoms with Crippen molar-refractivity contribution in [2.24, 2.45) is 0 Å². The number of aliphatic carboxylic acids is 1. The van der Waals surface area contributed by atoms with E-state index in [0.717, 1.165) is 0 Å². The number of alkyl carbamates (subject to hydrolysis) is 1. The zero-order valence-corrected chi connectivity index (χ0v) is 13.4. The monoisotopic (exact) mass is 288 g/mol. The molecule has 0 aliphatic carbocycles. The van der Waals surface area contributed by atoms with Gasteiger partial charge in [0.05, 0.1) is 0 Å². The molecule has 6 nitrogen and oxygen atoms in total. The highest BCUT2D eigenvalue weighted by atomic mass is 16.6. The van der Waals surface area contributed by atoms with Gasteiger partial charge >= 0.3 is 12.1 Å². The topological polar surface area (TPSA) is 78.9 Å². The summed E-state index contributed by atoms with van der Waals surface area (Å²) in [5, 5.41) is 11.9. The number of likely N-dealkylation sites (N-methyl/N-ethyl adjacent to an activating group) is 1. The summed E-state index contributed by atoms with van der Waals surface area (Å²) in [7, 11) is 1.78. The molecule has 0 aromatic carbocycles. The molecule has 0 rings (SSSR count). The zero-order chi connectivity index (χ0) is 16.0. The maximum absolute atomic E-state index is 11.4. The first kappa shape index (κ1) is 18.7. The van der Waals surface area contributed by atoms with Gasteiger partial charge in [0.15, 0.2) is 0 Å². The van der Waals surface area contributed by atoms with Crippen molar-refractivity contribution in [2.45, 2.75) is 58.6 Å². The van der Waals surface area contributed by atoms with E-state index in [1.54, 1.807) is 39.6 Å². The van der Waals surface area contributed by atoms with Gasteiger partial charge in [-0.25, -0.2) is 4.79 Å². The van der Waals surface area contributed by atoms with Crippen LogP contribution < -0.4 is 5.32 Å².